The summed E-state index contributed by atoms with van der Waals surface area (Å²) in [7, 11) is 0. The fraction of sp³-hybridized carbons (Fsp3) is 0.500. The zero-order valence-corrected chi connectivity index (χ0v) is 6.68. The van der Waals surface area contributed by atoms with Crippen LogP contribution in [0.25, 0.3) is 0 Å². The molecule has 0 aromatic carbocycles. The molecular formula is C6H7FO7. The molecule has 2 atom stereocenters. The molecule has 7 nitrogen and oxygen atoms in total. The molecule has 0 radical (unpaired) electrons. The highest BCUT2D eigenvalue weighted by Gasteiger charge is 2.51. The second kappa shape index (κ2) is 4.01. The molecule has 0 aliphatic heterocycles. The Kier molecular flexibility index (Phi) is 3.52. The highest BCUT2D eigenvalue weighted by Crippen LogP contribution is 2.19. The number of rotatable bonds is 5. The van der Waals surface area contributed by atoms with E-state index < -0.39 is 36.1 Å². The highest BCUT2D eigenvalue weighted by atomic mass is 18.2. The first kappa shape index (κ1) is 12.3. The highest BCUT2D eigenvalue weighted by molar-refractivity contribution is 5.90. The molecule has 14 heavy (non-hydrogen) atoms. The van der Waals surface area contributed by atoms with Crippen molar-refractivity contribution in [1.82, 2.24) is 0 Å². The van der Waals surface area contributed by atoms with E-state index in [1.165, 1.54) is 0 Å². The van der Waals surface area contributed by atoms with Crippen LogP contribution in [0.1, 0.15) is 6.42 Å². The molecule has 0 aromatic heterocycles. The van der Waals surface area contributed by atoms with Gasteiger partial charge in [-0.05, 0) is 0 Å². The van der Waals surface area contributed by atoms with Crippen molar-refractivity contribution in [3.05, 3.63) is 0 Å². The van der Waals surface area contributed by atoms with Gasteiger partial charge in [-0.3, -0.25) is 4.79 Å². The number of halogens is 1. The van der Waals surface area contributed by atoms with Gasteiger partial charge in [-0.1, -0.05) is 0 Å². The Labute approximate surface area is 76.4 Å². The van der Waals surface area contributed by atoms with Crippen LogP contribution >= 0.6 is 0 Å². The minimum atomic E-state index is -3.45. The minimum Gasteiger partial charge on any atom is -0.481 e. The number of hydrogen-bond acceptors (Lipinski definition) is 4. The van der Waals surface area contributed by atoms with E-state index in [1.807, 2.05) is 0 Å². The lowest BCUT2D eigenvalue weighted by atomic mass is 9.94. The standard InChI is InChI=1S/C6H7FO7/c7-3(4(10)11)6(14,5(12)13)1-2(8)9/h3,14H,1H2,(H,8,9)(H,10,11)(H,12,13)/i7-1. The van der Waals surface area contributed by atoms with Crippen molar-refractivity contribution in [3.63, 3.8) is 0 Å². The molecule has 80 valence electrons. The molecule has 0 aliphatic rings. The van der Waals surface area contributed by atoms with E-state index >= 15 is 0 Å². The molecule has 8 heteroatoms. The van der Waals surface area contributed by atoms with Crippen LogP contribution < -0.4 is 0 Å². The maximum atomic E-state index is 12.7. The fourth-order valence-electron chi connectivity index (χ4n) is 0.708. The van der Waals surface area contributed by atoms with Crippen LogP contribution in [0.2, 0.25) is 0 Å². The molecule has 2 unspecified atom stereocenters. The lowest BCUT2D eigenvalue weighted by Gasteiger charge is -2.22. The summed E-state index contributed by atoms with van der Waals surface area (Å²) >= 11 is 0. The molecule has 0 bridgehead atoms. The maximum Gasteiger partial charge on any atom is 0.342 e. The van der Waals surface area contributed by atoms with Crippen LogP contribution in [0.3, 0.4) is 0 Å². The molecule has 0 saturated carbocycles. The smallest absolute Gasteiger partial charge is 0.342 e. The topological polar surface area (TPSA) is 132 Å². The summed E-state index contributed by atoms with van der Waals surface area (Å²) in [4.78, 5) is 30.4. The average molecular weight is 209 g/mol. The third kappa shape index (κ3) is 2.39. The SMILES string of the molecule is O=C(O)CC(O)(C(=O)O)C([18F])C(=O)O. The third-order valence-electron chi connectivity index (χ3n) is 1.43. The van der Waals surface area contributed by atoms with E-state index in [0.29, 0.717) is 0 Å². The second-order valence-electron chi connectivity index (χ2n) is 2.50. The van der Waals surface area contributed by atoms with Gasteiger partial charge in [0.2, 0.25) is 11.8 Å². The largest absolute Gasteiger partial charge is 0.481 e. The molecule has 0 saturated heterocycles. The van der Waals surface area contributed by atoms with Crippen LogP contribution in [0, 0.1) is 0 Å². The average Bonchev–Trinajstić information content (AvgIpc) is 2.00. The van der Waals surface area contributed by atoms with Crippen LogP contribution in [-0.2, 0) is 14.4 Å². The first-order valence-electron chi connectivity index (χ1n) is 3.26. The lowest BCUT2D eigenvalue weighted by molar-refractivity contribution is -0.180. The van der Waals surface area contributed by atoms with E-state index in [9.17, 15) is 18.8 Å². The summed E-state index contributed by atoms with van der Waals surface area (Å²) < 4.78 is 12.7. The summed E-state index contributed by atoms with van der Waals surface area (Å²) in [5.41, 5.74) is -3.45. The minimum absolute atomic E-state index is 1.53. The summed E-state index contributed by atoms with van der Waals surface area (Å²) in [5, 5.41) is 33.5. The predicted molar refractivity (Wildman–Crippen MR) is 37.4 cm³/mol. The number of carboxylic acids is 3. The molecule has 0 fully saturated rings. The summed E-state index contributed by atoms with van der Waals surface area (Å²) in [5.74, 6) is -6.30. The van der Waals surface area contributed by atoms with Crippen molar-refractivity contribution in [2.75, 3.05) is 0 Å². The monoisotopic (exact) mass is 209 g/mol. The second-order valence-corrected chi connectivity index (χ2v) is 2.50. The third-order valence-corrected chi connectivity index (χ3v) is 1.43. The van der Waals surface area contributed by atoms with Gasteiger partial charge in [-0.2, -0.15) is 0 Å². The first-order chi connectivity index (χ1) is 6.21. The molecule has 0 spiro atoms. The fourth-order valence-corrected chi connectivity index (χ4v) is 0.708. The lowest BCUT2D eigenvalue weighted by Crippen LogP contribution is -2.52. The van der Waals surface area contributed by atoms with Crippen molar-refractivity contribution in [3.8, 4) is 0 Å². The van der Waals surface area contributed by atoms with Crippen molar-refractivity contribution in [2.24, 2.45) is 0 Å². The Balaban J connectivity index is 4.99. The van der Waals surface area contributed by atoms with Crippen molar-refractivity contribution >= 4 is 17.9 Å². The van der Waals surface area contributed by atoms with E-state index in [2.05, 4.69) is 0 Å². The summed E-state index contributed by atoms with van der Waals surface area (Å²) in [6, 6.07) is 0. The molecule has 0 rings (SSSR count). The zero-order chi connectivity index (χ0) is 11.5. The Bertz CT molecular complexity index is 275. The number of aliphatic carboxylic acids is 3. The first-order valence-corrected chi connectivity index (χ1v) is 3.26. The van der Waals surface area contributed by atoms with Gasteiger partial charge >= 0.3 is 17.9 Å². The summed E-state index contributed by atoms with van der Waals surface area (Å²) in [6.45, 7) is 0. The van der Waals surface area contributed by atoms with Gasteiger partial charge in [0.25, 0.3) is 0 Å². The van der Waals surface area contributed by atoms with Crippen molar-refractivity contribution < 1.29 is 39.2 Å². The number of alkyl halides is 1. The van der Waals surface area contributed by atoms with Gasteiger partial charge in [0.15, 0.2) is 0 Å². The zero-order valence-electron chi connectivity index (χ0n) is 6.68. The molecule has 4 N–H and O–H groups in total. The van der Waals surface area contributed by atoms with Crippen LogP contribution in [0.5, 0.6) is 0 Å². The Morgan fingerprint density at radius 3 is 1.86 bits per heavy atom. The van der Waals surface area contributed by atoms with Crippen LogP contribution in [-0.4, -0.2) is 50.1 Å². The van der Waals surface area contributed by atoms with E-state index in [-0.39, 0.29) is 0 Å². The Morgan fingerprint density at radius 1 is 1.21 bits per heavy atom. The molecule has 0 aromatic rings. The van der Waals surface area contributed by atoms with E-state index in [4.69, 9.17) is 20.4 Å². The van der Waals surface area contributed by atoms with Crippen molar-refractivity contribution in [1.29, 1.82) is 0 Å². The molecule has 0 heterocycles. The summed E-state index contributed by atoms with van der Waals surface area (Å²) in [6.07, 6.45) is -4.73. The van der Waals surface area contributed by atoms with Gasteiger partial charge in [-0.25, -0.2) is 14.0 Å². The molecule has 0 aliphatic carbocycles. The van der Waals surface area contributed by atoms with Crippen LogP contribution in [0.15, 0.2) is 0 Å². The predicted octanol–water partition coefficient (Wildman–Crippen LogP) is -1.30. The van der Waals surface area contributed by atoms with Crippen molar-refractivity contribution in [2.45, 2.75) is 18.2 Å². The quantitative estimate of drug-likeness (QED) is 0.442. The van der Waals surface area contributed by atoms with Gasteiger partial charge < -0.3 is 20.4 Å². The van der Waals surface area contributed by atoms with E-state index in [1.54, 1.807) is 0 Å². The van der Waals surface area contributed by atoms with Gasteiger partial charge in [0.1, 0.15) is 0 Å². The number of carbonyl (C=O) groups is 3. The van der Waals surface area contributed by atoms with Gasteiger partial charge in [0.05, 0.1) is 6.42 Å². The number of hydrogen-bond donors (Lipinski definition) is 4. The maximum absolute atomic E-state index is 12.7. The number of aliphatic hydroxyl groups is 1. The Hall–Kier alpha value is -1.70. The van der Waals surface area contributed by atoms with Crippen LogP contribution in [0.4, 0.5) is 4.39 Å². The van der Waals surface area contributed by atoms with Gasteiger partial charge in [0, 0.05) is 0 Å². The number of carboxylic acid groups (broad SMARTS) is 3. The van der Waals surface area contributed by atoms with Gasteiger partial charge in [-0.15, -0.1) is 0 Å². The molecule has 0 amide bonds. The normalized spacial score (nSPS) is 16.7. The van der Waals surface area contributed by atoms with E-state index in [0.717, 1.165) is 0 Å². The Morgan fingerprint density at radius 2 is 1.64 bits per heavy atom. The molecular weight excluding hydrogens is 202 g/mol.